The highest BCUT2D eigenvalue weighted by molar-refractivity contribution is 5.43. The number of nitrogens with one attached hydrogen (secondary N) is 1. The molecule has 0 aliphatic heterocycles. The van der Waals surface area contributed by atoms with E-state index in [-0.39, 0.29) is 0 Å². The van der Waals surface area contributed by atoms with Crippen molar-refractivity contribution in [1.82, 2.24) is 0 Å². The first-order valence-electron chi connectivity index (χ1n) is 3.92. The van der Waals surface area contributed by atoms with Crippen LogP contribution in [0, 0.1) is 11.6 Å². The van der Waals surface area contributed by atoms with E-state index in [2.05, 4.69) is 5.32 Å². The molecule has 0 aliphatic rings. The Morgan fingerprint density at radius 2 is 2.08 bits per heavy atom. The first-order valence-corrected chi connectivity index (χ1v) is 3.92. The molecule has 72 valence electrons. The Balaban J connectivity index is 2.53. The third-order valence-corrected chi connectivity index (χ3v) is 1.55. The molecule has 1 aromatic rings. The Morgan fingerprint density at radius 3 is 2.69 bits per heavy atom. The fourth-order valence-corrected chi connectivity index (χ4v) is 0.904. The highest BCUT2D eigenvalue weighted by Gasteiger charge is 2.00. The van der Waals surface area contributed by atoms with E-state index in [1.807, 2.05) is 0 Å². The van der Waals surface area contributed by atoms with Crippen molar-refractivity contribution < 1.29 is 13.5 Å². The van der Waals surface area contributed by atoms with Gasteiger partial charge in [-0.3, -0.25) is 0 Å². The van der Waals surface area contributed by atoms with E-state index in [1.165, 1.54) is 6.07 Å². The van der Waals surface area contributed by atoms with Crippen LogP contribution in [0.15, 0.2) is 18.2 Å². The molecule has 2 nitrogen and oxygen atoms in total. The number of ether oxygens (including phenoxy) is 1. The van der Waals surface area contributed by atoms with Crippen LogP contribution in [0.5, 0.6) is 0 Å². The monoisotopic (exact) mass is 187 g/mol. The van der Waals surface area contributed by atoms with Gasteiger partial charge in [-0.25, -0.2) is 8.78 Å². The third-order valence-electron chi connectivity index (χ3n) is 1.55. The number of rotatable bonds is 4. The summed E-state index contributed by atoms with van der Waals surface area (Å²) in [5.74, 6) is -1.68. The van der Waals surface area contributed by atoms with Gasteiger partial charge in [-0.1, -0.05) is 0 Å². The third kappa shape index (κ3) is 2.99. The van der Waals surface area contributed by atoms with Crippen LogP contribution in [-0.2, 0) is 4.74 Å². The Morgan fingerprint density at radius 1 is 1.31 bits per heavy atom. The summed E-state index contributed by atoms with van der Waals surface area (Å²) in [6, 6.07) is 3.68. The number of halogens is 2. The van der Waals surface area contributed by atoms with Crippen molar-refractivity contribution in [3.8, 4) is 0 Å². The topological polar surface area (TPSA) is 21.3 Å². The number of anilines is 1. The highest BCUT2D eigenvalue weighted by Crippen LogP contribution is 2.12. The molecule has 0 bridgehead atoms. The highest BCUT2D eigenvalue weighted by atomic mass is 19.2. The van der Waals surface area contributed by atoms with Crippen LogP contribution >= 0.6 is 0 Å². The van der Waals surface area contributed by atoms with Crippen LogP contribution < -0.4 is 5.32 Å². The predicted octanol–water partition coefficient (Wildman–Crippen LogP) is 2.02. The van der Waals surface area contributed by atoms with E-state index >= 15 is 0 Å². The Hall–Kier alpha value is -1.16. The normalized spacial score (nSPS) is 10.1. The summed E-state index contributed by atoms with van der Waals surface area (Å²) in [5.41, 5.74) is 0.552. The van der Waals surface area contributed by atoms with Crippen molar-refractivity contribution in [1.29, 1.82) is 0 Å². The minimum absolute atomic E-state index is 0.527. The Labute approximate surface area is 75.5 Å². The summed E-state index contributed by atoms with van der Waals surface area (Å²) in [6.45, 7) is 1.10. The molecule has 0 saturated carbocycles. The van der Waals surface area contributed by atoms with Crippen molar-refractivity contribution in [3.63, 3.8) is 0 Å². The number of hydrogen-bond donors (Lipinski definition) is 1. The first kappa shape index (κ1) is 9.92. The molecule has 0 amide bonds. The van der Waals surface area contributed by atoms with Gasteiger partial charge in [-0.05, 0) is 12.1 Å². The molecule has 13 heavy (non-hydrogen) atoms. The fraction of sp³-hybridized carbons (Fsp3) is 0.333. The standard InChI is InChI=1S/C9H11F2NO/c1-13-5-4-12-7-2-3-8(10)9(11)6-7/h2-3,6,12H,4-5H2,1H3. The summed E-state index contributed by atoms with van der Waals surface area (Å²) in [4.78, 5) is 0. The Bertz CT molecular complexity index is 278. The van der Waals surface area contributed by atoms with Gasteiger partial charge in [0.1, 0.15) is 0 Å². The molecule has 0 unspecified atom stereocenters. The summed E-state index contributed by atoms with van der Waals surface area (Å²) in [7, 11) is 1.58. The zero-order chi connectivity index (χ0) is 9.68. The minimum atomic E-state index is -0.845. The smallest absolute Gasteiger partial charge is 0.160 e. The van der Waals surface area contributed by atoms with Crippen LogP contribution in [0.1, 0.15) is 0 Å². The molecular formula is C9H11F2NO. The molecule has 0 aromatic heterocycles. The maximum atomic E-state index is 12.6. The maximum Gasteiger partial charge on any atom is 0.160 e. The molecule has 0 atom stereocenters. The van der Waals surface area contributed by atoms with Gasteiger partial charge >= 0.3 is 0 Å². The van der Waals surface area contributed by atoms with Crippen LogP contribution in [0.4, 0.5) is 14.5 Å². The molecule has 1 N–H and O–H groups in total. The Kier molecular flexibility index (Phi) is 3.64. The summed E-state index contributed by atoms with van der Waals surface area (Å²) < 4.78 is 29.9. The number of hydrogen-bond acceptors (Lipinski definition) is 2. The maximum absolute atomic E-state index is 12.6. The van der Waals surface area contributed by atoms with Crippen LogP contribution in [0.25, 0.3) is 0 Å². The van der Waals surface area contributed by atoms with Crippen molar-refractivity contribution in [2.75, 3.05) is 25.6 Å². The van der Waals surface area contributed by atoms with Crippen LogP contribution in [-0.4, -0.2) is 20.3 Å². The number of methoxy groups -OCH3 is 1. The zero-order valence-corrected chi connectivity index (χ0v) is 7.31. The average Bonchev–Trinajstić information content (AvgIpc) is 2.12. The fourth-order valence-electron chi connectivity index (χ4n) is 0.904. The van der Waals surface area contributed by atoms with E-state index in [4.69, 9.17) is 4.74 Å². The molecule has 0 heterocycles. The van der Waals surface area contributed by atoms with E-state index < -0.39 is 11.6 Å². The van der Waals surface area contributed by atoms with Crippen molar-refractivity contribution >= 4 is 5.69 Å². The largest absolute Gasteiger partial charge is 0.383 e. The van der Waals surface area contributed by atoms with Gasteiger partial charge in [0.15, 0.2) is 11.6 Å². The molecule has 0 radical (unpaired) electrons. The van der Waals surface area contributed by atoms with Gasteiger partial charge in [0.25, 0.3) is 0 Å². The van der Waals surface area contributed by atoms with Gasteiger partial charge in [0.2, 0.25) is 0 Å². The molecule has 0 spiro atoms. The minimum Gasteiger partial charge on any atom is -0.383 e. The second kappa shape index (κ2) is 4.77. The van der Waals surface area contributed by atoms with Crippen molar-refractivity contribution in [3.05, 3.63) is 29.8 Å². The van der Waals surface area contributed by atoms with Gasteiger partial charge in [0, 0.05) is 25.4 Å². The zero-order valence-electron chi connectivity index (χ0n) is 7.31. The summed E-state index contributed by atoms with van der Waals surface area (Å²) in [6.07, 6.45) is 0. The summed E-state index contributed by atoms with van der Waals surface area (Å²) >= 11 is 0. The molecule has 1 rings (SSSR count). The molecule has 0 aliphatic carbocycles. The average molecular weight is 187 g/mol. The second-order valence-electron chi connectivity index (χ2n) is 2.55. The van der Waals surface area contributed by atoms with E-state index in [9.17, 15) is 8.78 Å². The van der Waals surface area contributed by atoms with Crippen LogP contribution in [0.3, 0.4) is 0 Å². The van der Waals surface area contributed by atoms with Gasteiger partial charge in [0.05, 0.1) is 6.61 Å². The van der Waals surface area contributed by atoms with Gasteiger partial charge in [-0.2, -0.15) is 0 Å². The lowest BCUT2D eigenvalue weighted by Gasteiger charge is -2.05. The van der Waals surface area contributed by atoms with Crippen LogP contribution in [0.2, 0.25) is 0 Å². The number of benzene rings is 1. The second-order valence-corrected chi connectivity index (χ2v) is 2.55. The van der Waals surface area contributed by atoms with E-state index in [0.29, 0.717) is 18.8 Å². The van der Waals surface area contributed by atoms with Gasteiger partial charge < -0.3 is 10.1 Å². The SMILES string of the molecule is COCCNc1ccc(F)c(F)c1. The van der Waals surface area contributed by atoms with E-state index in [1.54, 1.807) is 7.11 Å². The predicted molar refractivity (Wildman–Crippen MR) is 46.7 cm³/mol. The lowest BCUT2D eigenvalue weighted by molar-refractivity contribution is 0.211. The van der Waals surface area contributed by atoms with Crippen molar-refractivity contribution in [2.45, 2.75) is 0 Å². The lowest BCUT2D eigenvalue weighted by atomic mass is 10.3. The summed E-state index contributed by atoms with van der Waals surface area (Å²) in [5, 5.41) is 2.88. The molecule has 0 saturated heterocycles. The van der Waals surface area contributed by atoms with E-state index in [0.717, 1.165) is 12.1 Å². The molecular weight excluding hydrogens is 176 g/mol. The first-order chi connectivity index (χ1) is 6.24. The van der Waals surface area contributed by atoms with Gasteiger partial charge in [-0.15, -0.1) is 0 Å². The molecule has 0 fully saturated rings. The lowest BCUT2D eigenvalue weighted by Crippen LogP contribution is -2.07. The molecule has 4 heteroatoms. The quantitative estimate of drug-likeness (QED) is 0.728. The molecule has 1 aromatic carbocycles. The van der Waals surface area contributed by atoms with Crippen molar-refractivity contribution in [2.24, 2.45) is 0 Å².